The molecular weight excluding hydrogens is 1050 g/mol. The molecule has 2 aliphatic rings. The van der Waals surface area contributed by atoms with Crippen molar-refractivity contribution < 1.29 is 70.4 Å². The van der Waals surface area contributed by atoms with Crippen LogP contribution in [0.25, 0.3) is 0 Å². The van der Waals surface area contributed by atoms with Crippen LogP contribution in [0.2, 0.25) is 0 Å². The summed E-state index contributed by atoms with van der Waals surface area (Å²) in [5.74, 6) is -4.28. The number of rotatable bonds is 41. The molecule has 1 heterocycles. The van der Waals surface area contributed by atoms with Crippen LogP contribution in [-0.2, 0) is 78.4 Å². The number of carbonyl (C=O) groups excluding carboxylic acids is 7. The van der Waals surface area contributed by atoms with Gasteiger partial charge in [0, 0.05) is 73.4 Å². The average Bonchev–Trinajstić information content (AvgIpc) is 4.19. The number of benzene rings is 1. The lowest BCUT2D eigenvalue weighted by Gasteiger charge is -2.41. The Bertz CT molecular complexity index is 2170. The van der Waals surface area contributed by atoms with Gasteiger partial charge in [-0.05, 0) is 62.5 Å². The molecule has 0 spiro atoms. The molecule has 22 nitrogen and oxygen atoms in total. The third-order valence-electron chi connectivity index (χ3n) is 15.3. The van der Waals surface area contributed by atoms with Gasteiger partial charge in [0.15, 0.2) is 0 Å². The number of sulfonamides is 1. The van der Waals surface area contributed by atoms with E-state index in [0.717, 1.165) is 11.8 Å². The normalized spacial score (nSPS) is 18.1. The number of amides is 6. The predicted molar refractivity (Wildman–Crippen MR) is 302 cm³/mol. The molecule has 2 fully saturated rings. The molecule has 1 aliphatic carbocycles. The minimum absolute atomic E-state index is 0.0507. The molecule has 0 radical (unpaired) electrons. The lowest BCUT2D eigenvalue weighted by Crippen LogP contribution is -2.60. The van der Waals surface area contributed by atoms with Gasteiger partial charge in [0.1, 0.15) is 18.4 Å². The summed E-state index contributed by atoms with van der Waals surface area (Å²) in [6.07, 6.45) is 2.53. The number of aldehydes is 1. The molecule has 1 aromatic rings. The monoisotopic (exact) mass is 1150 g/mol. The number of nitrogens with one attached hydrogen (secondary N) is 4. The number of likely N-dealkylation sites (tertiary alicyclic amines) is 1. The van der Waals surface area contributed by atoms with Crippen molar-refractivity contribution >= 4 is 51.8 Å². The van der Waals surface area contributed by atoms with Gasteiger partial charge in [-0.1, -0.05) is 85.2 Å². The van der Waals surface area contributed by atoms with Crippen LogP contribution >= 0.6 is 0 Å². The second kappa shape index (κ2) is 36.1. The van der Waals surface area contributed by atoms with E-state index in [0.29, 0.717) is 104 Å². The Morgan fingerprint density at radius 3 is 1.98 bits per heavy atom. The first-order valence-corrected chi connectivity index (χ1v) is 30.1. The van der Waals surface area contributed by atoms with Gasteiger partial charge in [-0.25, -0.2) is 8.42 Å². The number of hydrogen-bond acceptors (Lipinski definition) is 16. The summed E-state index contributed by atoms with van der Waals surface area (Å²) >= 11 is 0. The number of ether oxygens (including phenoxy) is 6. The van der Waals surface area contributed by atoms with Gasteiger partial charge < -0.3 is 59.0 Å². The topological polar surface area (TPSA) is 267 Å². The zero-order chi connectivity index (χ0) is 59.5. The third kappa shape index (κ3) is 22.3. The van der Waals surface area contributed by atoms with E-state index in [-0.39, 0.29) is 60.6 Å². The highest BCUT2D eigenvalue weighted by Crippen LogP contribution is 2.31. The molecule has 10 atom stereocenters. The van der Waals surface area contributed by atoms with E-state index < -0.39 is 81.3 Å². The zero-order valence-corrected chi connectivity index (χ0v) is 50.6. The summed E-state index contributed by atoms with van der Waals surface area (Å²) in [4.78, 5) is 99.4. The number of nitrogens with zero attached hydrogens (tertiary/aromatic N) is 3. The molecule has 4 N–H and O–H groups in total. The van der Waals surface area contributed by atoms with Gasteiger partial charge in [0.25, 0.3) is 5.91 Å². The SMILES string of the molecule is CC[C@H](C)[C@@H]([C@@H](CC(=O)N1CCC[C@H]1[C@H](OC)[C@@H](C)C(=O)N[C@@H](Cc1ccccc1)C(=O)NS(=O)(=O)C1CC1)OC)N(C)C(=O)[C@@H](NC(=O)[C@H](C(C)C)N(C)CCOCCOCCOCCNC(=O)C(CC=O)CCOC)C(C)C. The number of likely N-dealkylation sites (N-methyl/N-ethyl adjacent to an activating group) is 2. The quantitative estimate of drug-likeness (QED) is 0.0543. The van der Waals surface area contributed by atoms with Crippen LogP contribution in [0.4, 0.5) is 0 Å². The summed E-state index contributed by atoms with van der Waals surface area (Å²) in [6, 6.07) is 5.21. The van der Waals surface area contributed by atoms with Crippen LogP contribution in [0.15, 0.2) is 30.3 Å². The minimum atomic E-state index is -3.89. The molecule has 1 aromatic carbocycles. The van der Waals surface area contributed by atoms with Crippen LogP contribution < -0.4 is 20.7 Å². The second-order valence-corrected chi connectivity index (χ2v) is 23.9. The molecular formula is C57H97N7O15S. The van der Waals surface area contributed by atoms with Crippen LogP contribution in [0.5, 0.6) is 0 Å². The number of methoxy groups -OCH3 is 3. The van der Waals surface area contributed by atoms with E-state index in [9.17, 15) is 42.0 Å². The fourth-order valence-electron chi connectivity index (χ4n) is 10.3. The van der Waals surface area contributed by atoms with E-state index in [2.05, 4.69) is 20.7 Å². The summed E-state index contributed by atoms with van der Waals surface area (Å²) in [6.45, 7) is 16.8. The Morgan fingerprint density at radius 1 is 0.775 bits per heavy atom. The molecule has 3 rings (SSSR count). The number of carbonyl (C=O) groups is 7. The average molecular weight is 1150 g/mol. The second-order valence-electron chi connectivity index (χ2n) is 22.0. The van der Waals surface area contributed by atoms with E-state index in [1.807, 2.05) is 59.6 Å². The highest BCUT2D eigenvalue weighted by molar-refractivity contribution is 7.90. The standard InChI is InChI=1S/C57H97N7O15S/c1-13-40(6)51(47(75-11)37-48(66)64-26-17-20-46(64)52(76-12)41(7)53(67)59-45(36-42-18-15-14-16-19-42)55(69)61-80(72,73)44-21-22-44)63(9)57(71)49(38(2)3)60-56(70)50(39(4)5)62(8)27-31-78-33-35-79-34-32-77-30-25-58-54(68)43(23-28-65)24-29-74-10/h14-16,18-19,28,38-41,43-47,49-52H,13,17,20-27,29-37H2,1-12H3,(H,58,68)(H,59,67)(H,60,70)(H,61,69)/t40-,41+,43?,45-,46-,47+,49-,50-,51-,52+/m0/s1. The van der Waals surface area contributed by atoms with Gasteiger partial charge in [0.05, 0.1) is 87.6 Å². The highest BCUT2D eigenvalue weighted by atomic mass is 32.2. The van der Waals surface area contributed by atoms with Crippen molar-refractivity contribution in [3.05, 3.63) is 35.9 Å². The van der Waals surface area contributed by atoms with Gasteiger partial charge in [-0.3, -0.25) is 38.4 Å². The Balaban J connectivity index is 1.59. The van der Waals surface area contributed by atoms with E-state index >= 15 is 0 Å². The minimum Gasteiger partial charge on any atom is -0.385 e. The van der Waals surface area contributed by atoms with Crippen LogP contribution in [0.1, 0.15) is 105 Å². The van der Waals surface area contributed by atoms with E-state index in [1.165, 1.54) is 14.2 Å². The summed E-state index contributed by atoms with van der Waals surface area (Å²) in [7, 11) is 4.17. The fourth-order valence-corrected chi connectivity index (χ4v) is 11.7. The molecule has 0 bridgehead atoms. The molecule has 23 heteroatoms. The van der Waals surface area contributed by atoms with Crippen molar-refractivity contribution in [1.82, 2.24) is 35.4 Å². The Hall–Kier alpha value is -4.62. The first-order valence-electron chi connectivity index (χ1n) is 28.5. The van der Waals surface area contributed by atoms with Crippen LogP contribution in [-0.4, -0.2) is 214 Å². The maximum Gasteiger partial charge on any atom is 0.256 e. The molecule has 1 aliphatic heterocycles. The van der Waals surface area contributed by atoms with Gasteiger partial charge in [-0.15, -0.1) is 0 Å². The lowest BCUT2D eigenvalue weighted by molar-refractivity contribution is -0.148. The molecule has 1 saturated carbocycles. The first kappa shape index (κ1) is 69.6. The van der Waals surface area contributed by atoms with Gasteiger partial charge in [0.2, 0.25) is 39.6 Å². The van der Waals surface area contributed by atoms with Crippen molar-refractivity contribution in [2.24, 2.45) is 29.6 Å². The smallest absolute Gasteiger partial charge is 0.256 e. The largest absolute Gasteiger partial charge is 0.385 e. The van der Waals surface area contributed by atoms with Gasteiger partial charge >= 0.3 is 0 Å². The Labute approximate surface area is 476 Å². The van der Waals surface area contributed by atoms with E-state index in [1.54, 1.807) is 55.1 Å². The Morgan fingerprint density at radius 2 is 1.41 bits per heavy atom. The first-order chi connectivity index (χ1) is 38.1. The molecule has 1 saturated heterocycles. The van der Waals surface area contributed by atoms with Crippen molar-refractivity contribution in [2.45, 2.75) is 154 Å². The van der Waals surface area contributed by atoms with Crippen molar-refractivity contribution in [3.63, 3.8) is 0 Å². The van der Waals surface area contributed by atoms with Crippen molar-refractivity contribution in [2.75, 3.05) is 101 Å². The van der Waals surface area contributed by atoms with Crippen LogP contribution in [0.3, 0.4) is 0 Å². The number of hydrogen-bond donors (Lipinski definition) is 4. The molecule has 456 valence electrons. The Kier molecular flexibility index (Phi) is 31.4. The maximum atomic E-state index is 14.7. The maximum absolute atomic E-state index is 14.7. The fraction of sp³-hybridized carbons (Fsp3) is 0.772. The summed E-state index contributed by atoms with van der Waals surface area (Å²) < 4.78 is 61.8. The van der Waals surface area contributed by atoms with E-state index in [4.69, 9.17) is 28.4 Å². The zero-order valence-electron chi connectivity index (χ0n) is 49.8. The van der Waals surface area contributed by atoms with Crippen molar-refractivity contribution in [3.8, 4) is 0 Å². The summed E-state index contributed by atoms with van der Waals surface area (Å²) in [5, 5.41) is 8.02. The molecule has 80 heavy (non-hydrogen) atoms. The lowest BCUT2D eigenvalue weighted by atomic mass is 9.89. The van der Waals surface area contributed by atoms with Gasteiger partial charge in [-0.2, -0.15) is 0 Å². The predicted octanol–water partition coefficient (Wildman–Crippen LogP) is 2.75. The molecule has 6 amide bonds. The molecule has 1 unspecified atom stereocenters. The summed E-state index contributed by atoms with van der Waals surface area (Å²) in [5.41, 5.74) is 0.724. The third-order valence-corrected chi connectivity index (χ3v) is 17.1. The van der Waals surface area contributed by atoms with Crippen molar-refractivity contribution in [1.29, 1.82) is 0 Å². The molecule has 0 aromatic heterocycles. The highest BCUT2D eigenvalue weighted by Gasteiger charge is 2.44. The van der Waals surface area contributed by atoms with Crippen LogP contribution in [0, 0.1) is 29.6 Å².